The topological polar surface area (TPSA) is 57.1 Å². The molecule has 0 spiro atoms. The number of ether oxygens (including phenoxy) is 3. The zero-order valence-corrected chi connectivity index (χ0v) is 16.1. The summed E-state index contributed by atoms with van der Waals surface area (Å²) in [6.07, 6.45) is 1.67. The monoisotopic (exact) mass is 415 g/mol. The Balaban J connectivity index is 1.97. The van der Waals surface area contributed by atoms with E-state index < -0.39 is 5.97 Å². The molecule has 0 radical (unpaired) electrons. The number of cyclic esters (lactones) is 1. The van der Waals surface area contributed by atoms with Crippen LogP contribution in [-0.2, 0) is 9.53 Å². The van der Waals surface area contributed by atoms with Crippen LogP contribution in [0.4, 0.5) is 0 Å². The summed E-state index contributed by atoms with van der Waals surface area (Å²) in [5.74, 6) is 1.07. The Morgan fingerprint density at radius 1 is 1.08 bits per heavy atom. The maximum absolute atomic E-state index is 12.2. The Morgan fingerprint density at radius 2 is 1.73 bits per heavy atom. The Kier molecular flexibility index (Phi) is 5.73. The Bertz CT molecular complexity index is 875. The van der Waals surface area contributed by atoms with E-state index in [1.807, 2.05) is 56.3 Å². The lowest BCUT2D eigenvalue weighted by atomic mass is 10.1. The van der Waals surface area contributed by atoms with Crippen molar-refractivity contribution in [1.29, 1.82) is 0 Å². The minimum Gasteiger partial charge on any atom is -0.490 e. The Morgan fingerprint density at radius 3 is 2.38 bits per heavy atom. The molecule has 0 aliphatic carbocycles. The third-order valence-corrected chi connectivity index (χ3v) is 4.28. The van der Waals surface area contributed by atoms with Crippen molar-refractivity contribution in [2.75, 3.05) is 13.2 Å². The van der Waals surface area contributed by atoms with E-state index in [4.69, 9.17) is 14.2 Å². The molecule has 0 aromatic heterocycles. The summed E-state index contributed by atoms with van der Waals surface area (Å²) in [6, 6.07) is 12.9. The van der Waals surface area contributed by atoms with Gasteiger partial charge in [0.1, 0.15) is 0 Å². The van der Waals surface area contributed by atoms with Crippen molar-refractivity contribution >= 4 is 33.9 Å². The molecule has 0 amide bonds. The highest BCUT2D eigenvalue weighted by Crippen LogP contribution is 2.35. The molecular formula is C20H18BrNO4. The van der Waals surface area contributed by atoms with Crippen LogP contribution in [0.3, 0.4) is 0 Å². The molecule has 2 aromatic rings. The highest BCUT2D eigenvalue weighted by Gasteiger charge is 2.24. The van der Waals surface area contributed by atoms with Crippen molar-refractivity contribution in [3.63, 3.8) is 0 Å². The fourth-order valence-electron chi connectivity index (χ4n) is 2.46. The standard InChI is InChI=1S/C20H18BrNO4/c1-3-24-17-11-14(15(21)12-18(17)25-4-2)10-16-20(23)26-19(22-16)13-8-6-5-7-9-13/h5-12H,3-4H2,1-2H3/b16-10+. The molecule has 0 N–H and O–H groups in total. The largest absolute Gasteiger partial charge is 0.490 e. The maximum Gasteiger partial charge on any atom is 0.363 e. The molecule has 1 aliphatic rings. The summed E-state index contributed by atoms with van der Waals surface area (Å²) in [4.78, 5) is 16.5. The lowest BCUT2D eigenvalue weighted by Gasteiger charge is -2.12. The quantitative estimate of drug-likeness (QED) is 0.511. The first-order valence-corrected chi connectivity index (χ1v) is 9.08. The number of benzene rings is 2. The van der Waals surface area contributed by atoms with E-state index in [1.165, 1.54) is 0 Å². The Hall–Kier alpha value is -2.60. The summed E-state index contributed by atoms with van der Waals surface area (Å²) in [7, 11) is 0. The fraction of sp³-hybridized carbons (Fsp3) is 0.200. The van der Waals surface area contributed by atoms with Gasteiger partial charge in [0.25, 0.3) is 0 Å². The van der Waals surface area contributed by atoms with E-state index >= 15 is 0 Å². The number of rotatable bonds is 6. The number of halogens is 1. The van der Waals surface area contributed by atoms with Crippen molar-refractivity contribution in [1.82, 2.24) is 0 Å². The number of esters is 1. The van der Waals surface area contributed by atoms with Gasteiger partial charge >= 0.3 is 5.97 Å². The average Bonchev–Trinajstić information content (AvgIpc) is 3.00. The van der Waals surface area contributed by atoms with E-state index in [1.54, 1.807) is 6.08 Å². The predicted octanol–water partition coefficient (Wildman–Crippen LogP) is 4.59. The lowest BCUT2D eigenvalue weighted by molar-refractivity contribution is -0.129. The van der Waals surface area contributed by atoms with Crippen LogP contribution >= 0.6 is 15.9 Å². The minimum absolute atomic E-state index is 0.233. The number of hydrogen-bond acceptors (Lipinski definition) is 5. The fourth-order valence-corrected chi connectivity index (χ4v) is 2.90. The van der Waals surface area contributed by atoms with Crippen molar-refractivity contribution in [2.24, 2.45) is 4.99 Å². The van der Waals surface area contributed by atoms with Crippen LogP contribution in [0.2, 0.25) is 0 Å². The average molecular weight is 416 g/mol. The van der Waals surface area contributed by atoms with Gasteiger partial charge in [0.05, 0.1) is 13.2 Å². The third-order valence-electron chi connectivity index (χ3n) is 3.60. The van der Waals surface area contributed by atoms with Crippen LogP contribution in [0.25, 0.3) is 6.08 Å². The highest BCUT2D eigenvalue weighted by atomic mass is 79.9. The van der Waals surface area contributed by atoms with Gasteiger partial charge in [-0.3, -0.25) is 0 Å². The summed E-state index contributed by atoms with van der Waals surface area (Å²) in [5.41, 5.74) is 1.74. The second-order valence-electron chi connectivity index (χ2n) is 5.39. The second kappa shape index (κ2) is 8.19. The number of carbonyl (C=O) groups excluding carboxylic acids is 1. The van der Waals surface area contributed by atoms with Gasteiger partial charge < -0.3 is 14.2 Å². The molecule has 5 nitrogen and oxygen atoms in total. The minimum atomic E-state index is -0.484. The van der Waals surface area contributed by atoms with Gasteiger partial charge in [-0.15, -0.1) is 0 Å². The van der Waals surface area contributed by atoms with Crippen LogP contribution in [0, 0.1) is 0 Å². The number of nitrogens with zero attached hydrogens (tertiary/aromatic N) is 1. The molecule has 0 unspecified atom stereocenters. The molecule has 2 aromatic carbocycles. The van der Waals surface area contributed by atoms with Crippen molar-refractivity contribution in [3.05, 3.63) is 63.8 Å². The molecule has 6 heteroatoms. The summed E-state index contributed by atoms with van der Waals surface area (Å²) in [6.45, 7) is 4.86. The van der Waals surface area contributed by atoms with Crippen LogP contribution in [0.1, 0.15) is 25.0 Å². The van der Waals surface area contributed by atoms with Gasteiger partial charge in [-0.05, 0) is 49.8 Å². The van der Waals surface area contributed by atoms with Crippen molar-refractivity contribution in [3.8, 4) is 11.5 Å². The van der Waals surface area contributed by atoms with Gasteiger partial charge in [-0.25, -0.2) is 9.79 Å². The molecule has 1 aliphatic heterocycles. The van der Waals surface area contributed by atoms with Crippen molar-refractivity contribution < 1.29 is 19.0 Å². The first-order valence-electron chi connectivity index (χ1n) is 8.29. The van der Waals surface area contributed by atoms with Gasteiger partial charge in [0.2, 0.25) is 5.90 Å². The van der Waals surface area contributed by atoms with E-state index in [9.17, 15) is 4.79 Å². The van der Waals surface area contributed by atoms with Crippen LogP contribution in [0.5, 0.6) is 11.5 Å². The van der Waals surface area contributed by atoms with Crippen LogP contribution < -0.4 is 9.47 Å². The smallest absolute Gasteiger partial charge is 0.363 e. The molecule has 0 saturated heterocycles. The van der Waals surface area contributed by atoms with Crippen LogP contribution in [0.15, 0.2) is 57.6 Å². The van der Waals surface area contributed by atoms with E-state index in [-0.39, 0.29) is 5.70 Å². The van der Waals surface area contributed by atoms with Gasteiger partial charge in [0.15, 0.2) is 17.2 Å². The molecule has 134 valence electrons. The zero-order chi connectivity index (χ0) is 18.5. The SMILES string of the molecule is CCOc1cc(Br)c(/C=C2/N=C(c3ccccc3)OC2=O)cc1OCC. The molecule has 0 atom stereocenters. The van der Waals surface area contributed by atoms with Gasteiger partial charge in [-0.1, -0.05) is 34.1 Å². The highest BCUT2D eigenvalue weighted by molar-refractivity contribution is 9.10. The predicted molar refractivity (Wildman–Crippen MR) is 104 cm³/mol. The third kappa shape index (κ3) is 3.96. The first kappa shape index (κ1) is 18.2. The summed E-state index contributed by atoms with van der Waals surface area (Å²) in [5, 5.41) is 0. The molecule has 0 bridgehead atoms. The Labute approximate surface area is 160 Å². The molecular weight excluding hydrogens is 398 g/mol. The van der Waals surface area contributed by atoms with Gasteiger partial charge in [0, 0.05) is 10.0 Å². The zero-order valence-electron chi connectivity index (χ0n) is 14.5. The molecule has 1 heterocycles. The summed E-state index contributed by atoms with van der Waals surface area (Å²) < 4.78 is 17.3. The summed E-state index contributed by atoms with van der Waals surface area (Å²) >= 11 is 3.51. The van der Waals surface area contributed by atoms with Crippen molar-refractivity contribution in [2.45, 2.75) is 13.8 Å². The van der Waals surface area contributed by atoms with Gasteiger partial charge in [-0.2, -0.15) is 0 Å². The van der Waals surface area contributed by atoms with Crippen LogP contribution in [-0.4, -0.2) is 25.1 Å². The number of carbonyl (C=O) groups is 1. The first-order chi connectivity index (χ1) is 12.6. The molecule has 0 saturated carbocycles. The molecule has 3 rings (SSSR count). The van der Waals surface area contributed by atoms with E-state index in [0.717, 1.165) is 15.6 Å². The van der Waals surface area contributed by atoms with E-state index in [0.29, 0.717) is 30.6 Å². The second-order valence-corrected chi connectivity index (χ2v) is 6.24. The normalized spacial score (nSPS) is 15.0. The lowest BCUT2D eigenvalue weighted by Crippen LogP contribution is -2.05. The molecule has 26 heavy (non-hydrogen) atoms. The number of hydrogen-bond donors (Lipinski definition) is 0. The maximum atomic E-state index is 12.2. The number of aliphatic imine (C=N–C) groups is 1. The molecule has 0 fully saturated rings. The van der Waals surface area contributed by atoms with E-state index in [2.05, 4.69) is 20.9 Å².